The molecule has 0 unspecified atom stereocenters. The molecule has 1 aromatic rings. The number of hydrogen-bond acceptors (Lipinski definition) is 2. The van der Waals surface area contributed by atoms with Crippen LogP contribution in [0.1, 0.15) is 24.0 Å². The van der Waals surface area contributed by atoms with Crippen LogP contribution >= 0.6 is 11.6 Å². The smallest absolute Gasteiger partial charge is 0.122 e. The van der Waals surface area contributed by atoms with Crippen molar-refractivity contribution in [2.45, 2.75) is 19.8 Å². The lowest BCUT2D eigenvalue weighted by Crippen LogP contribution is -2.15. The summed E-state index contributed by atoms with van der Waals surface area (Å²) in [5.74, 6) is 7.66. The molecule has 0 fully saturated rings. The Kier molecular flexibility index (Phi) is 7.40. The van der Waals surface area contributed by atoms with Crippen LogP contribution in [0.15, 0.2) is 18.2 Å². The Morgan fingerprint density at radius 1 is 1.32 bits per heavy atom. The number of halogens is 1. The van der Waals surface area contributed by atoms with Crippen molar-refractivity contribution >= 4 is 11.6 Å². The summed E-state index contributed by atoms with van der Waals surface area (Å²) in [5, 5.41) is 0. The highest BCUT2D eigenvalue weighted by molar-refractivity contribution is 6.18. The first-order valence-electron chi connectivity index (χ1n) is 6.56. The van der Waals surface area contributed by atoms with Crippen LogP contribution in [0.5, 0.6) is 5.75 Å². The van der Waals surface area contributed by atoms with Gasteiger partial charge < -0.3 is 9.64 Å². The second-order valence-electron chi connectivity index (χ2n) is 4.73. The number of nitrogens with zero attached hydrogens (tertiary/aromatic N) is 1. The molecule has 0 radical (unpaired) electrons. The van der Waals surface area contributed by atoms with Gasteiger partial charge in [0.05, 0.1) is 6.61 Å². The molecule has 0 aliphatic heterocycles. The maximum Gasteiger partial charge on any atom is 0.122 e. The summed E-state index contributed by atoms with van der Waals surface area (Å²) in [5.41, 5.74) is 2.14. The molecule has 0 saturated heterocycles. The third kappa shape index (κ3) is 6.52. The van der Waals surface area contributed by atoms with Gasteiger partial charge in [-0.25, -0.2) is 0 Å². The van der Waals surface area contributed by atoms with E-state index in [1.807, 2.05) is 19.1 Å². The van der Waals surface area contributed by atoms with E-state index in [4.69, 9.17) is 16.3 Å². The predicted octanol–water partition coefficient (Wildman–Crippen LogP) is 3.31. The molecule has 0 aromatic heterocycles. The molecule has 1 rings (SSSR count). The molecule has 0 aliphatic carbocycles. The van der Waals surface area contributed by atoms with Gasteiger partial charge in [-0.3, -0.25) is 0 Å². The fourth-order valence-corrected chi connectivity index (χ4v) is 1.76. The van der Waals surface area contributed by atoms with Gasteiger partial charge in [-0.15, -0.1) is 11.6 Å². The van der Waals surface area contributed by atoms with Gasteiger partial charge in [0, 0.05) is 24.4 Å². The fourth-order valence-electron chi connectivity index (χ4n) is 1.66. The molecule has 104 valence electrons. The number of ether oxygens (including phenoxy) is 1. The Bertz CT molecular complexity index is 446. The van der Waals surface area contributed by atoms with E-state index < -0.39 is 0 Å². The summed E-state index contributed by atoms with van der Waals surface area (Å²) in [4.78, 5) is 2.16. The molecule has 0 aliphatic rings. The van der Waals surface area contributed by atoms with Crippen molar-refractivity contribution in [1.29, 1.82) is 0 Å². The van der Waals surface area contributed by atoms with E-state index in [-0.39, 0.29) is 0 Å². The quantitative estimate of drug-likeness (QED) is 0.450. The number of alkyl halides is 1. The fraction of sp³-hybridized carbons (Fsp3) is 0.500. The highest BCUT2D eigenvalue weighted by atomic mass is 35.5. The van der Waals surface area contributed by atoms with Crippen LogP contribution in [0.2, 0.25) is 0 Å². The summed E-state index contributed by atoms with van der Waals surface area (Å²) in [6.45, 7) is 3.84. The van der Waals surface area contributed by atoms with Gasteiger partial charge in [-0.05, 0) is 51.2 Å². The monoisotopic (exact) mass is 279 g/mol. The predicted molar refractivity (Wildman–Crippen MR) is 82.1 cm³/mol. The standard InChI is InChI=1S/C16H22ClNO/c1-14-13-15(7-4-5-10-17)8-9-16(14)19-12-6-11-18(2)3/h8-9,13H,5-6,10-12H2,1-3H3. The molecular weight excluding hydrogens is 258 g/mol. The van der Waals surface area contributed by atoms with Crippen LogP contribution in [0.3, 0.4) is 0 Å². The zero-order chi connectivity index (χ0) is 14.1. The summed E-state index contributed by atoms with van der Waals surface area (Å²) in [6, 6.07) is 6.05. The number of benzene rings is 1. The third-order valence-electron chi connectivity index (χ3n) is 2.63. The van der Waals surface area contributed by atoms with Gasteiger partial charge in [0.25, 0.3) is 0 Å². The van der Waals surface area contributed by atoms with Crippen LogP contribution < -0.4 is 4.74 Å². The van der Waals surface area contributed by atoms with E-state index in [0.717, 1.165) is 42.9 Å². The summed E-state index contributed by atoms with van der Waals surface area (Å²) in [7, 11) is 4.14. The van der Waals surface area contributed by atoms with Gasteiger partial charge in [0.2, 0.25) is 0 Å². The SMILES string of the molecule is Cc1cc(C#CCCCl)ccc1OCCCN(C)C. The van der Waals surface area contributed by atoms with E-state index in [1.165, 1.54) is 0 Å². The first-order valence-corrected chi connectivity index (χ1v) is 7.10. The maximum atomic E-state index is 5.77. The molecule has 19 heavy (non-hydrogen) atoms. The molecular formula is C16H22ClNO. The Morgan fingerprint density at radius 3 is 2.74 bits per heavy atom. The first-order chi connectivity index (χ1) is 9.13. The Morgan fingerprint density at radius 2 is 2.11 bits per heavy atom. The van der Waals surface area contributed by atoms with E-state index in [9.17, 15) is 0 Å². The molecule has 0 heterocycles. The lowest BCUT2D eigenvalue weighted by atomic mass is 10.1. The first kappa shape index (κ1) is 15.9. The molecule has 0 bridgehead atoms. The second kappa shape index (κ2) is 8.85. The minimum absolute atomic E-state index is 0.582. The van der Waals surface area contributed by atoms with Crippen molar-refractivity contribution in [1.82, 2.24) is 4.90 Å². The minimum Gasteiger partial charge on any atom is -0.493 e. The van der Waals surface area contributed by atoms with E-state index in [1.54, 1.807) is 0 Å². The number of hydrogen-bond donors (Lipinski definition) is 0. The van der Waals surface area contributed by atoms with Gasteiger partial charge in [0.15, 0.2) is 0 Å². The highest BCUT2D eigenvalue weighted by Gasteiger charge is 2.00. The van der Waals surface area contributed by atoms with Crippen molar-refractivity contribution in [3.63, 3.8) is 0 Å². The Balaban J connectivity index is 2.51. The van der Waals surface area contributed by atoms with Crippen LogP contribution in [0.25, 0.3) is 0 Å². The van der Waals surface area contributed by atoms with Crippen molar-refractivity contribution in [3.8, 4) is 17.6 Å². The lowest BCUT2D eigenvalue weighted by molar-refractivity contribution is 0.280. The lowest BCUT2D eigenvalue weighted by Gasteiger charge is -2.12. The molecule has 0 saturated carbocycles. The summed E-state index contributed by atoms with van der Waals surface area (Å²) in [6.07, 6.45) is 1.76. The second-order valence-corrected chi connectivity index (χ2v) is 5.10. The summed E-state index contributed by atoms with van der Waals surface area (Å²) < 4.78 is 5.77. The molecule has 3 heteroatoms. The van der Waals surface area contributed by atoms with Crippen LogP contribution in [0.4, 0.5) is 0 Å². The van der Waals surface area contributed by atoms with Gasteiger partial charge in [-0.2, -0.15) is 0 Å². The van der Waals surface area contributed by atoms with E-state index in [2.05, 4.69) is 36.9 Å². The van der Waals surface area contributed by atoms with Gasteiger partial charge in [-0.1, -0.05) is 11.8 Å². The van der Waals surface area contributed by atoms with Crippen molar-refractivity contribution in [2.75, 3.05) is 33.1 Å². The Labute approximate surface area is 121 Å². The molecule has 0 atom stereocenters. The molecule has 0 spiro atoms. The maximum absolute atomic E-state index is 5.77. The topological polar surface area (TPSA) is 12.5 Å². The minimum atomic E-state index is 0.582. The molecule has 2 nitrogen and oxygen atoms in total. The van der Waals surface area contributed by atoms with Gasteiger partial charge >= 0.3 is 0 Å². The van der Waals surface area contributed by atoms with E-state index >= 15 is 0 Å². The van der Waals surface area contributed by atoms with Crippen molar-refractivity contribution < 1.29 is 4.74 Å². The molecule has 0 N–H and O–H groups in total. The molecule has 1 aromatic carbocycles. The molecule has 0 amide bonds. The number of rotatable bonds is 6. The highest BCUT2D eigenvalue weighted by Crippen LogP contribution is 2.18. The van der Waals surface area contributed by atoms with Crippen LogP contribution in [0, 0.1) is 18.8 Å². The Hall–Kier alpha value is -1.17. The van der Waals surface area contributed by atoms with Crippen molar-refractivity contribution in [2.24, 2.45) is 0 Å². The normalized spacial score (nSPS) is 10.2. The number of aryl methyl sites for hydroxylation is 1. The van der Waals surface area contributed by atoms with Gasteiger partial charge in [0.1, 0.15) is 5.75 Å². The van der Waals surface area contributed by atoms with Crippen LogP contribution in [-0.2, 0) is 0 Å². The van der Waals surface area contributed by atoms with Crippen LogP contribution in [-0.4, -0.2) is 38.0 Å². The third-order valence-corrected chi connectivity index (χ3v) is 2.82. The largest absolute Gasteiger partial charge is 0.493 e. The van der Waals surface area contributed by atoms with Crippen molar-refractivity contribution in [3.05, 3.63) is 29.3 Å². The summed E-state index contributed by atoms with van der Waals surface area (Å²) >= 11 is 5.59. The average Bonchev–Trinajstić information content (AvgIpc) is 2.36. The zero-order valence-corrected chi connectivity index (χ0v) is 12.8. The average molecular weight is 280 g/mol. The zero-order valence-electron chi connectivity index (χ0n) is 12.0. The van der Waals surface area contributed by atoms with E-state index in [0.29, 0.717) is 5.88 Å².